The van der Waals surface area contributed by atoms with Gasteiger partial charge in [-0.15, -0.1) is 0 Å². The minimum atomic E-state index is -0.481. The minimum absolute atomic E-state index is 0.194. The Morgan fingerprint density at radius 2 is 1.71 bits per heavy atom. The van der Waals surface area contributed by atoms with Gasteiger partial charge < -0.3 is 20.1 Å². The Morgan fingerprint density at radius 1 is 0.971 bits per heavy atom. The first kappa shape index (κ1) is 24.8. The first-order chi connectivity index (χ1) is 16.9. The Hall–Kier alpha value is -3.35. The normalized spacial score (nSPS) is 14.5. The second-order valence-corrected chi connectivity index (χ2v) is 10.1. The number of nitrogens with one attached hydrogen (secondary N) is 2. The van der Waals surface area contributed by atoms with Crippen LogP contribution in [0.4, 0.5) is 17.5 Å². The molecule has 2 aromatic carbocycles. The minimum Gasteiger partial charge on any atom is -0.493 e. The summed E-state index contributed by atoms with van der Waals surface area (Å²) in [6.07, 6.45) is 6.86. The molecule has 1 aromatic heterocycles. The molecule has 35 heavy (non-hydrogen) atoms. The van der Waals surface area contributed by atoms with Gasteiger partial charge in [-0.25, -0.2) is 4.98 Å². The molecule has 0 bridgehead atoms. The van der Waals surface area contributed by atoms with Crippen molar-refractivity contribution in [3.63, 3.8) is 0 Å². The highest BCUT2D eigenvalue weighted by molar-refractivity contribution is 5.90. The number of aromatic nitrogens is 2. The number of hydrogen-bond donors (Lipinski definition) is 2. The summed E-state index contributed by atoms with van der Waals surface area (Å²) in [6, 6.07) is 16.3. The lowest BCUT2D eigenvalue weighted by atomic mass is 9.95. The number of hydrogen-bond acceptors (Lipinski definition) is 7. The van der Waals surface area contributed by atoms with E-state index in [1.807, 2.05) is 63.2 Å². The van der Waals surface area contributed by atoms with Gasteiger partial charge in [0, 0.05) is 23.5 Å². The highest BCUT2D eigenvalue weighted by atomic mass is 16.5. The summed E-state index contributed by atoms with van der Waals surface area (Å²) in [5.74, 6) is 2.02. The van der Waals surface area contributed by atoms with E-state index in [9.17, 15) is 4.79 Å². The fraction of sp³-hybridized carbons (Fsp3) is 0.464. The predicted molar refractivity (Wildman–Crippen MR) is 140 cm³/mol. The summed E-state index contributed by atoms with van der Waals surface area (Å²) in [4.78, 5) is 21.3. The maximum Gasteiger partial charge on any atom is 0.311 e. The van der Waals surface area contributed by atoms with Gasteiger partial charge in [-0.05, 0) is 70.0 Å². The van der Waals surface area contributed by atoms with E-state index in [0.717, 1.165) is 28.2 Å². The van der Waals surface area contributed by atoms with E-state index in [-0.39, 0.29) is 5.97 Å². The number of carbonyl (C=O) groups excluding carboxylic acids is 1. The Balaban J connectivity index is 1.34. The maximum absolute atomic E-state index is 11.8. The Kier molecular flexibility index (Phi) is 8.06. The van der Waals surface area contributed by atoms with Crippen LogP contribution in [-0.2, 0) is 9.53 Å². The van der Waals surface area contributed by atoms with Crippen LogP contribution in [0, 0.1) is 5.41 Å². The van der Waals surface area contributed by atoms with Crippen molar-refractivity contribution in [1.29, 1.82) is 0 Å². The van der Waals surface area contributed by atoms with Crippen LogP contribution in [0.3, 0.4) is 0 Å². The largest absolute Gasteiger partial charge is 0.493 e. The number of anilines is 3. The molecule has 1 aliphatic rings. The van der Waals surface area contributed by atoms with Crippen LogP contribution in [0.1, 0.15) is 59.3 Å². The lowest BCUT2D eigenvalue weighted by Gasteiger charge is -2.24. The summed E-state index contributed by atoms with van der Waals surface area (Å²) in [7, 11) is 0. The van der Waals surface area contributed by atoms with Gasteiger partial charge in [0.15, 0.2) is 0 Å². The predicted octanol–water partition coefficient (Wildman–Crippen LogP) is 6.48. The molecule has 0 saturated heterocycles. The Bertz CT molecular complexity index is 1120. The monoisotopic (exact) mass is 476 g/mol. The third kappa shape index (κ3) is 7.07. The van der Waals surface area contributed by atoms with Crippen molar-refractivity contribution in [2.45, 2.75) is 65.3 Å². The number of fused-ring (bicyclic) bond motifs is 1. The first-order valence-corrected chi connectivity index (χ1v) is 12.6. The Labute approximate surface area is 207 Å². The smallest absolute Gasteiger partial charge is 0.311 e. The molecule has 4 rings (SSSR count). The highest BCUT2D eigenvalue weighted by Crippen LogP contribution is 2.28. The number of para-hydroxylation sites is 1. The Morgan fingerprint density at radius 3 is 2.46 bits per heavy atom. The van der Waals surface area contributed by atoms with Gasteiger partial charge in [-0.3, -0.25) is 4.79 Å². The van der Waals surface area contributed by atoms with Crippen LogP contribution in [0.2, 0.25) is 0 Å². The topological polar surface area (TPSA) is 85.4 Å². The molecular weight excluding hydrogens is 440 g/mol. The summed E-state index contributed by atoms with van der Waals surface area (Å²) in [5.41, 5.74) is 1.32. The molecule has 0 atom stereocenters. The third-order valence-electron chi connectivity index (χ3n) is 6.06. The van der Waals surface area contributed by atoms with Crippen LogP contribution in [0.25, 0.3) is 10.9 Å². The van der Waals surface area contributed by atoms with Crippen molar-refractivity contribution >= 4 is 34.3 Å². The molecule has 3 aromatic rings. The van der Waals surface area contributed by atoms with Crippen molar-refractivity contribution in [2.24, 2.45) is 5.41 Å². The zero-order chi connectivity index (χ0) is 24.7. The van der Waals surface area contributed by atoms with E-state index in [1.54, 1.807) is 0 Å². The average molecular weight is 477 g/mol. The van der Waals surface area contributed by atoms with E-state index in [2.05, 4.69) is 16.7 Å². The number of rotatable bonds is 9. The fourth-order valence-corrected chi connectivity index (χ4v) is 4.08. The van der Waals surface area contributed by atoms with E-state index in [0.29, 0.717) is 31.6 Å². The molecule has 7 heteroatoms. The van der Waals surface area contributed by atoms with E-state index >= 15 is 0 Å². The fourth-order valence-electron chi connectivity index (χ4n) is 4.08. The molecule has 0 amide bonds. The summed E-state index contributed by atoms with van der Waals surface area (Å²) in [5, 5.41) is 8.04. The number of carbonyl (C=O) groups is 1. The summed E-state index contributed by atoms with van der Waals surface area (Å²) in [6.45, 7) is 6.37. The molecule has 1 aliphatic carbocycles. The molecule has 1 fully saturated rings. The van der Waals surface area contributed by atoms with Gasteiger partial charge in [-0.1, -0.05) is 31.4 Å². The van der Waals surface area contributed by atoms with Crippen molar-refractivity contribution in [3.8, 4) is 5.75 Å². The van der Waals surface area contributed by atoms with Crippen molar-refractivity contribution in [1.82, 2.24) is 9.97 Å². The number of nitrogens with zero attached hydrogens (tertiary/aromatic N) is 2. The molecule has 7 nitrogen and oxygen atoms in total. The van der Waals surface area contributed by atoms with Gasteiger partial charge >= 0.3 is 5.97 Å². The second-order valence-electron chi connectivity index (χ2n) is 10.1. The molecule has 0 unspecified atom stereocenters. The quantitative estimate of drug-likeness (QED) is 0.270. The van der Waals surface area contributed by atoms with Crippen LogP contribution in [0.15, 0.2) is 48.5 Å². The lowest BCUT2D eigenvalue weighted by molar-refractivity contribution is -0.153. The number of ether oxygens (including phenoxy) is 2. The molecular formula is C28H36N4O3. The van der Waals surface area contributed by atoms with Crippen LogP contribution < -0.4 is 15.4 Å². The summed E-state index contributed by atoms with van der Waals surface area (Å²) >= 11 is 0. The van der Waals surface area contributed by atoms with Crippen molar-refractivity contribution < 1.29 is 14.3 Å². The molecule has 2 N–H and O–H groups in total. The standard InChI is InChI=1S/C28H36N4O3/c1-28(2,3)26(33)35-19-9-18-34-22-16-14-21(15-17-22)30-27-31-24-13-8-7-12-23(24)25(32-27)29-20-10-5-4-6-11-20/h7-8,12-17,20H,4-6,9-11,18-19H2,1-3H3,(H2,29,30,31,32). The molecule has 1 heterocycles. The van der Waals surface area contributed by atoms with Gasteiger partial charge in [-0.2, -0.15) is 4.98 Å². The zero-order valence-corrected chi connectivity index (χ0v) is 21.0. The van der Waals surface area contributed by atoms with Crippen molar-refractivity contribution in [3.05, 3.63) is 48.5 Å². The average Bonchev–Trinajstić information content (AvgIpc) is 2.85. The van der Waals surface area contributed by atoms with Gasteiger partial charge in [0.25, 0.3) is 0 Å². The molecule has 0 aliphatic heterocycles. The molecule has 0 radical (unpaired) electrons. The van der Waals surface area contributed by atoms with Gasteiger partial charge in [0.05, 0.1) is 24.1 Å². The lowest BCUT2D eigenvalue weighted by Crippen LogP contribution is -2.23. The SMILES string of the molecule is CC(C)(C)C(=O)OCCCOc1ccc(Nc2nc(NC3CCCCC3)c3ccccc3n2)cc1. The number of esters is 1. The van der Waals surface area contributed by atoms with Crippen molar-refractivity contribution in [2.75, 3.05) is 23.8 Å². The second kappa shape index (κ2) is 11.4. The van der Waals surface area contributed by atoms with E-state index < -0.39 is 5.41 Å². The molecule has 1 saturated carbocycles. The first-order valence-electron chi connectivity index (χ1n) is 12.6. The molecule has 186 valence electrons. The van der Waals surface area contributed by atoms with Crippen LogP contribution in [-0.4, -0.2) is 35.2 Å². The van der Waals surface area contributed by atoms with E-state index in [4.69, 9.17) is 19.4 Å². The highest BCUT2D eigenvalue weighted by Gasteiger charge is 2.22. The third-order valence-corrected chi connectivity index (χ3v) is 6.06. The molecule has 0 spiro atoms. The number of benzene rings is 2. The van der Waals surface area contributed by atoms with Crippen LogP contribution in [0.5, 0.6) is 5.75 Å². The summed E-state index contributed by atoms with van der Waals surface area (Å²) < 4.78 is 11.0. The zero-order valence-electron chi connectivity index (χ0n) is 21.0. The van der Waals surface area contributed by atoms with Gasteiger partial charge in [0.1, 0.15) is 11.6 Å². The van der Waals surface area contributed by atoms with Crippen LogP contribution >= 0.6 is 0 Å². The maximum atomic E-state index is 11.8. The van der Waals surface area contributed by atoms with Gasteiger partial charge in [0.2, 0.25) is 5.95 Å². The van der Waals surface area contributed by atoms with E-state index in [1.165, 1.54) is 32.1 Å².